The van der Waals surface area contributed by atoms with Gasteiger partial charge in [-0.3, -0.25) is 5.32 Å². The van der Waals surface area contributed by atoms with E-state index in [1.165, 1.54) is 0 Å². The first-order valence-electron chi connectivity index (χ1n) is 7.09. The Bertz CT molecular complexity index is 521. The van der Waals surface area contributed by atoms with Crippen LogP contribution in [0, 0.1) is 0 Å². The summed E-state index contributed by atoms with van der Waals surface area (Å²) in [5.41, 5.74) is 0.707. The lowest BCUT2D eigenvalue weighted by Gasteiger charge is -2.25. The number of anilines is 1. The van der Waals surface area contributed by atoms with Gasteiger partial charge in [-0.2, -0.15) is 0 Å². The molecule has 6 nitrogen and oxygen atoms in total. The molecule has 0 atom stereocenters. The molecule has 0 saturated carbocycles. The number of hydrogen-bond acceptors (Lipinski definition) is 5. The second-order valence-corrected chi connectivity index (χ2v) is 6.74. The number of amides is 1. The summed E-state index contributed by atoms with van der Waals surface area (Å²) in [6.45, 7) is 9.81. The van der Waals surface area contributed by atoms with Crippen LogP contribution in [0.3, 0.4) is 0 Å². The molecule has 0 saturated heterocycles. The molecule has 1 amide bonds. The number of nitrogens with two attached hydrogens (primary N) is 1. The third-order valence-corrected chi connectivity index (χ3v) is 3.06. The lowest BCUT2D eigenvalue weighted by molar-refractivity contribution is 0.0635. The lowest BCUT2D eigenvalue weighted by Crippen LogP contribution is -2.28. The minimum atomic E-state index is -0.558. The zero-order valence-electron chi connectivity index (χ0n) is 14.1. The van der Waals surface area contributed by atoms with Gasteiger partial charge in [0.1, 0.15) is 11.4 Å². The fourth-order valence-corrected chi connectivity index (χ4v) is 1.92. The van der Waals surface area contributed by atoms with E-state index in [-0.39, 0.29) is 5.41 Å². The highest BCUT2D eigenvalue weighted by Gasteiger charge is 2.23. The summed E-state index contributed by atoms with van der Waals surface area (Å²) in [4.78, 5) is 16.6. The fraction of sp³-hybridized carbons (Fsp3) is 0.562. The first-order chi connectivity index (χ1) is 10.1. The van der Waals surface area contributed by atoms with Crippen molar-refractivity contribution in [1.82, 2.24) is 0 Å². The van der Waals surface area contributed by atoms with Gasteiger partial charge < -0.3 is 14.3 Å². The highest BCUT2D eigenvalue weighted by atomic mass is 16.6. The van der Waals surface area contributed by atoms with Gasteiger partial charge >= 0.3 is 6.09 Å². The maximum absolute atomic E-state index is 11.9. The van der Waals surface area contributed by atoms with Gasteiger partial charge in [0.2, 0.25) is 0 Å². The molecule has 22 heavy (non-hydrogen) atoms. The molecule has 6 heteroatoms. The van der Waals surface area contributed by atoms with Gasteiger partial charge in [0.25, 0.3) is 0 Å². The van der Waals surface area contributed by atoms with Gasteiger partial charge in [0, 0.05) is 5.41 Å². The second-order valence-electron chi connectivity index (χ2n) is 6.74. The standard InChI is InChI=1S/C16H26N2O4/c1-15(2,3)22-14(19)18-12-8-7-11(9-13(12)20-6)16(4,5)10-21-17/h7-9H,10,17H2,1-6H3,(H,18,19). The van der Waals surface area contributed by atoms with Crippen LogP contribution in [0.4, 0.5) is 10.5 Å². The number of rotatable bonds is 5. The van der Waals surface area contributed by atoms with Crippen LogP contribution >= 0.6 is 0 Å². The number of carbonyl (C=O) groups is 1. The Morgan fingerprint density at radius 2 is 1.86 bits per heavy atom. The van der Waals surface area contributed by atoms with Crippen LogP contribution in [0.1, 0.15) is 40.2 Å². The zero-order chi connectivity index (χ0) is 17.0. The zero-order valence-corrected chi connectivity index (χ0v) is 14.1. The first-order valence-corrected chi connectivity index (χ1v) is 7.09. The van der Waals surface area contributed by atoms with E-state index in [0.29, 0.717) is 18.0 Å². The van der Waals surface area contributed by atoms with Crippen LogP contribution in [-0.4, -0.2) is 25.4 Å². The van der Waals surface area contributed by atoms with Gasteiger partial charge in [0.05, 0.1) is 19.4 Å². The Morgan fingerprint density at radius 3 is 2.36 bits per heavy atom. The van der Waals surface area contributed by atoms with E-state index >= 15 is 0 Å². The van der Waals surface area contributed by atoms with Crippen LogP contribution < -0.4 is 16.0 Å². The number of carbonyl (C=O) groups excluding carboxylic acids is 1. The van der Waals surface area contributed by atoms with Crippen molar-refractivity contribution in [2.24, 2.45) is 5.90 Å². The molecular weight excluding hydrogens is 284 g/mol. The summed E-state index contributed by atoms with van der Waals surface area (Å²) in [6, 6.07) is 5.52. The van der Waals surface area contributed by atoms with Crippen LogP contribution in [0.2, 0.25) is 0 Å². The summed E-state index contributed by atoms with van der Waals surface area (Å²) in [5.74, 6) is 5.72. The summed E-state index contributed by atoms with van der Waals surface area (Å²) < 4.78 is 10.6. The average molecular weight is 310 g/mol. The summed E-state index contributed by atoms with van der Waals surface area (Å²) in [7, 11) is 1.55. The molecule has 0 fully saturated rings. The largest absolute Gasteiger partial charge is 0.495 e. The minimum Gasteiger partial charge on any atom is -0.495 e. The van der Waals surface area contributed by atoms with Crippen LogP contribution in [0.5, 0.6) is 5.75 Å². The molecular formula is C16H26N2O4. The number of nitrogens with one attached hydrogen (secondary N) is 1. The highest BCUT2D eigenvalue weighted by molar-refractivity contribution is 5.87. The van der Waals surface area contributed by atoms with Gasteiger partial charge in [0.15, 0.2) is 0 Å². The van der Waals surface area contributed by atoms with Crippen molar-refractivity contribution in [2.45, 2.75) is 45.6 Å². The average Bonchev–Trinajstić information content (AvgIpc) is 2.36. The van der Waals surface area contributed by atoms with E-state index < -0.39 is 11.7 Å². The lowest BCUT2D eigenvalue weighted by atomic mass is 9.85. The maximum Gasteiger partial charge on any atom is 0.412 e. The number of methoxy groups -OCH3 is 1. The van der Waals surface area contributed by atoms with Crippen LogP contribution in [0.15, 0.2) is 18.2 Å². The Kier molecular flexibility index (Phi) is 5.79. The molecule has 0 aromatic heterocycles. The van der Waals surface area contributed by atoms with Crippen molar-refractivity contribution in [3.63, 3.8) is 0 Å². The Hall–Kier alpha value is -1.79. The van der Waals surface area contributed by atoms with Crippen molar-refractivity contribution < 1.29 is 19.1 Å². The summed E-state index contributed by atoms with van der Waals surface area (Å²) in [5, 5.41) is 2.69. The van der Waals surface area contributed by atoms with E-state index in [4.69, 9.17) is 20.2 Å². The maximum atomic E-state index is 11.9. The molecule has 0 spiro atoms. The van der Waals surface area contributed by atoms with Crippen molar-refractivity contribution in [3.8, 4) is 5.75 Å². The smallest absolute Gasteiger partial charge is 0.412 e. The quantitative estimate of drug-likeness (QED) is 0.816. The number of benzene rings is 1. The fourth-order valence-electron chi connectivity index (χ4n) is 1.92. The van der Waals surface area contributed by atoms with Crippen molar-refractivity contribution in [2.75, 3.05) is 19.0 Å². The molecule has 0 bridgehead atoms. The Morgan fingerprint density at radius 1 is 1.23 bits per heavy atom. The van der Waals surface area contributed by atoms with Gasteiger partial charge in [-0.1, -0.05) is 19.9 Å². The topological polar surface area (TPSA) is 82.8 Å². The molecule has 0 unspecified atom stereocenters. The number of hydrogen-bond donors (Lipinski definition) is 2. The van der Waals surface area contributed by atoms with E-state index in [0.717, 1.165) is 5.56 Å². The van der Waals surface area contributed by atoms with Gasteiger partial charge in [-0.25, -0.2) is 10.7 Å². The molecule has 124 valence electrons. The van der Waals surface area contributed by atoms with Crippen LogP contribution in [0.25, 0.3) is 0 Å². The number of ether oxygens (including phenoxy) is 2. The van der Waals surface area contributed by atoms with Crippen molar-refractivity contribution >= 4 is 11.8 Å². The summed E-state index contributed by atoms with van der Waals surface area (Å²) >= 11 is 0. The van der Waals surface area contributed by atoms with E-state index in [2.05, 4.69) is 5.32 Å². The molecule has 0 radical (unpaired) electrons. The molecule has 1 aromatic rings. The SMILES string of the molecule is COc1cc(C(C)(C)CON)ccc1NC(=O)OC(C)(C)C. The molecule has 0 aliphatic heterocycles. The minimum absolute atomic E-state index is 0.271. The van der Waals surface area contributed by atoms with Crippen molar-refractivity contribution in [3.05, 3.63) is 23.8 Å². The predicted molar refractivity (Wildman–Crippen MR) is 86.0 cm³/mol. The van der Waals surface area contributed by atoms with Gasteiger partial charge in [-0.05, 0) is 38.5 Å². The Balaban J connectivity index is 2.97. The molecule has 1 aromatic carbocycles. The molecule has 1 rings (SSSR count). The predicted octanol–water partition coefficient (Wildman–Crippen LogP) is 3.21. The molecule has 0 heterocycles. The van der Waals surface area contributed by atoms with E-state index in [9.17, 15) is 4.79 Å². The van der Waals surface area contributed by atoms with Crippen LogP contribution in [-0.2, 0) is 15.0 Å². The third kappa shape index (κ3) is 5.20. The molecule has 0 aliphatic carbocycles. The summed E-state index contributed by atoms with van der Waals surface area (Å²) in [6.07, 6.45) is -0.525. The molecule has 0 aliphatic rings. The second kappa shape index (κ2) is 6.98. The normalized spacial score (nSPS) is 12.0. The van der Waals surface area contributed by atoms with Gasteiger partial charge in [-0.15, -0.1) is 0 Å². The van der Waals surface area contributed by atoms with E-state index in [1.807, 2.05) is 46.8 Å². The third-order valence-electron chi connectivity index (χ3n) is 3.06. The van der Waals surface area contributed by atoms with Crippen molar-refractivity contribution in [1.29, 1.82) is 0 Å². The first kappa shape index (κ1) is 18.3. The monoisotopic (exact) mass is 310 g/mol. The Labute approximate surface area is 131 Å². The van der Waals surface area contributed by atoms with E-state index in [1.54, 1.807) is 13.2 Å². The highest BCUT2D eigenvalue weighted by Crippen LogP contribution is 2.32. The molecule has 3 N–H and O–H groups in total.